The fourth-order valence-electron chi connectivity index (χ4n) is 3.85. The Labute approximate surface area is 192 Å². The van der Waals surface area contributed by atoms with Gasteiger partial charge in [-0.3, -0.25) is 4.79 Å². The SMILES string of the molecule is COC1OC(COC(=O)CCCCCN)C(OC2OC(CO)C(OC)C(O)C2O)C(O)C1O. The summed E-state index contributed by atoms with van der Waals surface area (Å²) in [6.45, 7) is -0.334. The number of carbonyl (C=O) groups excluding carboxylic acids is 1. The maximum Gasteiger partial charge on any atom is 0.305 e. The number of unbranched alkanes of at least 4 members (excludes halogenated alkanes) is 2. The first-order valence-corrected chi connectivity index (χ1v) is 11.0. The van der Waals surface area contributed by atoms with E-state index < -0.39 is 74.0 Å². The number of methoxy groups -OCH3 is 2. The van der Waals surface area contributed by atoms with Gasteiger partial charge in [-0.05, 0) is 19.4 Å². The number of rotatable bonds is 12. The summed E-state index contributed by atoms with van der Waals surface area (Å²) in [6, 6.07) is 0. The van der Waals surface area contributed by atoms with Crippen molar-refractivity contribution in [2.45, 2.75) is 87.1 Å². The lowest BCUT2D eigenvalue weighted by molar-refractivity contribution is -0.358. The first-order valence-electron chi connectivity index (χ1n) is 11.0. The third kappa shape index (κ3) is 7.26. The van der Waals surface area contributed by atoms with Gasteiger partial charge in [0.05, 0.1) is 6.61 Å². The zero-order valence-corrected chi connectivity index (χ0v) is 18.9. The summed E-state index contributed by atoms with van der Waals surface area (Å²) in [5, 5.41) is 51.2. The fourth-order valence-corrected chi connectivity index (χ4v) is 3.85. The van der Waals surface area contributed by atoms with E-state index in [1.54, 1.807) is 0 Å². The Morgan fingerprint density at radius 3 is 2.09 bits per heavy atom. The smallest absolute Gasteiger partial charge is 0.305 e. The quantitative estimate of drug-likeness (QED) is 0.121. The molecule has 10 atom stereocenters. The van der Waals surface area contributed by atoms with Gasteiger partial charge in [0, 0.05) is 20.6 Å². The second-order valence-corrected chi connectivity index (χ2v) is 8.05. The lowest BCUT2D eigenvalue weighted by Gasteiger charge is -2.46. The van der Waals surface area contributed by atoms with Crippen LogP contribution >= 0.6 is 0 Å². The number of ether oxygens (including phenoxy) is 6. The van der Waals surface area contributed by atoms with Gasteiger partial charge in [0.1, 0.15) is 55.4 Å². The van der Waals surface area contributed by atoms with E-state index in [4.69, 9.17) is 34.2 Å². The molecular weight excluding hydrogens is 446 g/mol. The molecule has 2 saturated heterocycles. The number of aliphatic hydroxyl groups is 5. The monoisotopic (exact) mass is 483 g/mol. The zero-order chi connectivity index (χ0) is 24.5. The molecule has 0 aromatic carbocycles. The standard InChI is InChI=1S/C20H37NO12/c1-28-17-10(8-22)31-20(16(27)13(17)24)33-18-11(32-19(29-2)15(26)14(18)25)9-30-12(23)6-4-3-5-7-21/h10-11,13-20,22,24-27H,3-9,21H2,1-2H3. The Morgan fingerprint density at radius 2 is 1.48 bits per heavy atom. The fraction of sp³-hybridized carbons (Fsp3) is 0.950. The molecule has 13 nitrogen and oxygen atoms in total. The van der Waals surface area contributed by atoms with E-state index in [1.807, 2.05) is 0 Å². The first-order chi connectivity index (χ1) is 15.8. The van der Waals surface area contributed by atoms with E-state index >= 15 is 0 Å². The van der Waals surface area contributed by atoms with Crippen molar-refractivity contribution in [2.75, 3.05) is 34.0 Å². The molecule has 2 aliphatic heterocycles. The Balaban J connectivity index is 2.07. The van der Waals surface area contributed by atoms with Gasteiger partial charge in [-0.2, -0.15) is 0 Å². The summed E-state index contributed by atoms with van der Waals surface area (Å²) in [7, 11) is 2.55. The summed E-state index contributed by atoms with van der Waals surface area (Å²) in [5.74, 6) is -0.489. The first kappa shape index (κ1) is 28.3. The molecule has 0 aromatic rings. The molecule has 10 unspecified atom stereocenters. The number of hydrogen-bond donors (Lipinski definition) is 6. The topological polar surface area (TPSA) is 200 Å². The molecule has 2 fully saturated rings. The van der Waals surface area contributed by atoms with Crippen LogP contribution in [0.4, 0.5) is 0 Å². The maximum absolute atomic E-state index is 12.1. The van der Waals surface area contributed by atoms with Crippen molar-refractivity contribution in [3.63, 3.8) is 0 Å². The van der Waals surface area contributed by atoms with Crippen LogP contribution in [0.5, 0.6) is 0 Å². The van der Waals surface area contributed by atoms with E-state index in [2.05, 4.69) is 0 Å². The molecule has 13 heteroatoms. The highest BCUT2D eigenvalue weighted by Gasteiger charge is 2.51. The second-order valence-electron chi connectivity index (χ2n) is 8.05. The normalized spacial score (nSPS) is 39.4. The van der Waals surface area contributed by atoms with Crippen LogP contribution in [0.25, 0.3) is 0 Å². The highest BCUT2D eigenvalue weighted by molar-refractivity contribution is 5.69. The van der Waals surface area contributed by atoms with Crippen molar-refractivity contribution < 1.29 is 58.7 Å². The summed E-state index contributed by atoms with van der Waals surface area (Å²) >= 11 is 0. The van der Waals surface area contributed by atoms with E-state index in [0.717, 1.165) is 12.8 Å². The molecule has 33 heavy (non-hydrogen) atoms. The van der Waals surface area contributed by atoms with Crippen LogP contribution < -0.4 is 5.73 Å². The third-order valence-electron chi connectivity index (χ3n) is 5.75. The molecule has 0 spiro atoms. The lowest BCUT2D eigenvalue weighted by atomic mass is 9.97. The van der Waals surface area contributed by atoms with Crippen LogP contribution in [-0.4, -0.2) is 127 Å². The average Bonchev–Trinajstić information content (AvgIpc) is 2.81. The molecule has 0 aromatic heterocycles. The minimum absolute atomic E-state index is 0.171. The van der Waals surface area contributed by atoms with Gasteiger partial charge < -0.3 is 59.7 Å². The second kappa shape index (κ2) is 13.8. The summed E-state index contributed by atoms with van der Waals surface area (Å²) in [5.41, 5.74) is 5.43. The van der Waals surface area contributed by atoms with Crippen molar-refractivity contribution in [3.8, 4) is 0 Å². The molecule has 194 valence electrons. The van der Waals surface area contributed by atoms with Crippen LogP contribution in [0.3, 0.4) is 0 Å². The zero-order valence-electron chi connectivity index (χ0n) is 18.9. The van der Waals surface area contributed by atoms with Crippen molar-refractivity contribution in [2.24, 2.45) is 5.73 Å². The van der Waals surface area contributed by atoms with Crippen LogP contribution in [0.1, 0.15) is 25.7 Å². The van der Waals surface area contributed by atoms with Crippen molar-refractivity contribution in [1.82, 2.24) is 0 Å². The average molecular weight is 484 g/mol. The molecular formula is C20H37NO12. The maximum atomic E-state index is 12.1. The number of nitrogens with two attached hydrogens (primary N) is 1. The van der Waals surface area contributed by atoms with Crippen molar-refractivity contribution in [1.29, 1.82) is 0 Å². The predicted molar refractivity (Wildman–Crippen MR) is 110 cm³/mol. The molecule has 2 aliphatic rings. The largest absolute Gasteiger partial charge is 0.463 e. The Morgan fingerprint density at radius 1 is 0.848 bits per heavy atom. The van der Waals surface area contributed by atoms with Crippen LogP contribution in [-0.2, 0) is 33.2 Å². The van der Waals surface area contributed by atoms with Gasteiger partial charge in [-0.25, -0.2) is 0 Å². The van der Waals surface area contributed by atoms with Crippen molar-refractivity contribution >= 4 is 5.97 Å². The van der Waals surface area contributed by atoms with Gasteiger partial charge in [0.2, 0.25) is 0 Å². The predicted octanol–water partition coefficient (Wildman–Crippen LogP) is -3.02. The molecule has 0 aliphatic carbocycles. The van der Waals surface area contributed by atoms with Gasteiger partial charge in [-0.1, -0.05) is 6.42 Å². The highest BCUT2D eigenvalue weighted by Crippen LogP contribution is 2.30. The number of carbonyl (C=O) groups is 1. The van der Waals surface area contributed by atoms with Crippen LogP contribution in [0.15, 0.2) is 0 Å². The van der Waals surface area contributed by atoms with Gasteiger partial charge >= 0.3 is 5.97 Å². The van der Waals surface area contributed by atoms with E-state index in [9.17, 15) is 30.3 Å². The molecule has 7 N–H and O–H groups in total. The summed E-state index contributed by atoms with van der Waals surface area (Å²) < 4.78 is 32.1. The van der Waals surface area contributed by atoms with E-state index in [0.29, 0.717) is 13.0 Å². The third-order valence-corrected chi connectivity index (χ3v) is 5.75. The minimum atomic E-state index is -1.60. The van der Waals surface area contributed by atoms with E-state index in [1.165, 1.54) is 14.2 Å². The molecule has 2 rings (SSSR count). The lowest BCUT2D eigenvalue weighted by Crippen LogP contribution is -2.65. The van der Waals surface area contributed by atoms with Crippen molar-refractivity contribution in [3.05, 3.63) is 0 Å². The number of hydrogen-bond acceptors (Lipinski definition) is 13. The summed E-state index contributed by atoms with van der Waals surface area (Å²) in [6.07, 6.45) is -11.0. The number of aliphatic hydroxyl groups excluding tert-OH is 5. The van der Waals surface area contributed by atoms with Crippen LogP contribution in [0.2, 0.25) is 0 Å². The highest BCUT2D eigenvalue weighted by atomic mass is 16.7. The number of esters is 1. The Kier molecular flexibility index (Phi) is 11.8. The summed E-state index contributed by atoms with van der Waals surface area (Å²) in [4.78, 5) is 12.1. The molecule has 0 saturated carbocycles. The Hall–Kier alpha value is -0.970. The Bertz CT molecular complexity index is 581. The van der Waals surface area contributed by atoms with E-state index in [-0.39, 0.29) is 13.0 Å². The minimum Gasteiger partial charge on any atom is -0.463 e. The van der Waals surface area contributed by atoms with Gasteiger partial charge in [0.25, 0.3) is 0 Å². The van der Waals surface area contributed by atoms with Crippen LogP contribution in [0, 0.1) is 0 Å². The molecule has 0 bridgehead atoms. The molecule has 0 amide bonds. The van der Waals surface area contributed by atoms with Gasteiger partial charge in [0.15, 0.2) is 12.6 Å². The van der Waals surface area contributed by atoms with Gasteiger partial charge in [-0.15, -0.1) is 0 Å². The molecule has 0 radical (unpaired) electrons. The molecule has 2 heterocycles.